The number of esters is 1. The van der Waals surface area contributed by atoms with E-state index in [-0.39, 0.29) is 12.5 Å². The van der Waals surface area contributed by atoms with Crippen LogP contribution in [0.25, 0.3) is 11.1 Å². The van der Waals surface area contributed by atoms with Gasteiger partial charge in [0, 0.05) is 12.5 Å². The van der Waals surface area contributed by atoms with E-state index < -0.39 is 48.0 Å². The Balaban J connectivity index is 1.39. The Morgan fingerprint density at radius 1 is 1.03 bits per heavy atom. The third kappa shape index (κ3) is 5.93. The van der Waals surface area contributed by atoms with Crippen molar-refractivity contribution < 1.29 is 33.8 Å². The summed E-state index contributed by atoms with van der Waals surface area (Å²) in [6.07, 6.45) is -0.199. The van der Waals surface area contributed by atoms with E-state index in [9.17, 15) is 24.3 Å². The van der Waals surface area contributed by atoms with Crippen LogP contribution >= 0.6 is 0 Å². The van der Waals surface area contributed by atoms with E-state index in [0.29, 0.717) is 19.4 Å². The summed E-state index contributed by atoms with van der Waals surface area (Å²) in [7, 11) is 0. The first-order valence-electron chi connectivity index (χ1n) is 12.4. The predicted molar refractivity (Wildman–Crippen MR) is 135 cm³/mol. The molecule has 0 saturated carbocycles. The summed E-state index contributed by atoms with van der Waals surface area (Å²) in [5.41, 5.74) is 3.61. The van der Waals surface area contributed by atoms with Gasteiger partial charge in [-0.3, -0.25) is 14.5 Å². The minimum absolute atomic E-state index is 0.114. The maximum Gasteiger partial charge on any atom is 0.410 e. The van der Waals surface area contributed by atoms with E-state index in [4.69, 9.17) is 9.47 Å². The number of carbonyl (C=O) groups is 4. The van der Waals surface area contributed by atoms with Crippen LogP contribution in [0.1, 0.15) is 57.1 Å². The van der Waals surface area contributed by atoms with E-state index >= 15 is 0 Å². The van der Waals surface area contributed by atoms with Gasteiger partial charge in [0.05, 0.1) is 6.42 Å². The van der Waals surface area contributed by atoms with Gasteiger partial charge in [0.2, 0.25) is 5.91 Å². The van der Waals surface area contributed by atoms with Gasteiger partial charge < -0.3 is 19.9 Å². The van der Waals surface area contributed by atoms with Gasteiger partial charge in [-0.15, -0.1) is 0 Å². The number of carboxylic acids is 1. The molecular weight excluding hydrogens is 476 g/mol. The van der Waals surface area contributed by atoms with Gasteiger partial charge in [-0.2, -0.15) is 0 Å². The van der Waals surface area contributed by atoms with Gasteiger partial charge in [-0.05, 0) is 55.9 Å². The van der Waals surface area contributed by atoms with Crippen LogP contribution in [0.5, 0.6) is 0 Å². The van der Waals surface area contributed by atoms with Crippen molar-refractivity contribution >= 4 is 23.9 Å². The van der Waals surface area contributed by atoms with Crippen molar-refractivity contribution in [3.05, 3.63) is 59.7 Å². The Morgan fingerprint density at radius 2 is 1.62 bits per heavy atom. The van der Waals surface area contributed by atoms with E-state index in [1.807, 2.05) is 48.5 Å². The van der Waals surface area contributed by atoms with Gasteiger partial charge >= 0.3 is 18.0 Å². The quantitative estimate of drug-likeness (QED) is 0.547. The lowest BCUT2D eigenvalue weighted by molar-refractivity contribution is -0.158. The van der Waals surface area contributed by atoms with Crippen LogP contribution in [0.2, 0.25) is 0 Å². The van der Waals surface area contributed by atoms with Crippen molar-refractivity contribution in [2.45, 2.75) is 63.6 Å². The second-order valence-corrected chi connectivity index (χ2v) is 10.3. The first-order valence-corrected chi connectivity index (χ1v) is 12.4. The number of fused-ring (bicyclic) bond motifs is 3. The monoisotopic (exact) mass is 508 g/mol. The van der Waals surface area contributed by atoms with Gasteiger partial charge in [0.1, 0.15) is 24.3 Å². The Kier molecular flexibility index (Phi) is 7.52. The molecule has 1 aliphatic heterocycles. The minimum atomic E-state index is -1.47. The molecule has 2 aromatic carbocycles. The van der Waals surface area contributed by atoms with Crippen molar-refractivity contribution in [3.63, 3.8) is 0 Å². The van der Waals surface area contributed by atoms with Crippen LogP contribution in [0, 0.1) is 0 Å². The molecule has 0 unspecified atom stereocenters. The zero-order chi connectivity index (χ0) is 26.7. The highest BCUT2D eigenvalue weighted by molar-refractivity contribution is 5.91. The summed E-state index contributed by atoms with van der Waals surface area (Å²) >= 11 is 0. The molecule has 9 nitrogen and oxygen atoms in total. The highest BCUT2D eigenvalue weighted by Gasteiger charge is 2.38. The maximum absolute atomic E-state index is 13.0. The molecule has 1 heterocycles. The van der Waals surface area contributed by atoms with Crippen LogP contribution in [-0.2, 0) is 23.9 Å². The summed E-state index contributed by atoms with van der Waals surface area (Å²) in [4.78, 5) is 51.1. The summed E-state index contributed by atoms with van der Waals surface area (Å²) in [5.74, 6) is -2.84. The van der Waals surface area contributed by atoms with Crippen molar-refractivity contribution in [2.75, 3.05) is 13.2 Å². The number of benzene rings is 2. The number of carbonyl (C=O) groups excluding carboxylic acids is 3. The zero-order valence-electron chi connectivity index (χ0n) is 21.2. The van der Waals surface area contributed by atoms with Crippen LogP contribution in [0.15, 0.2) is 48.5 Å². The van der Waals surface area contributed by atoms with Crippen LogP contribution in [0.3, 0.4) is 0 Å². The van der Waals surface area contributed by atoms with Crippen LogP contribution in [-0.4, -0.2) is 64.8 Å². The molecule has 2 amide bonds. The van der Waals surface area contributed by atoms with Gasteiger partial charge in [0.15, 0.2) is 0 Å². The molecule has 0 spiro atoms. The molecule has 0 bridgehead atoms. The normalized spacial score (nSPS) is 17.5. The van der Waals surface area contributed by atoms with Crippen molar-refractivity contribution in [2.24, 2.45) is 0 Å². The molecule has 2 N–H and O–H groups in total. The number of aliphatic carboxylic acids is 1. The first kappa shape index (κ1) is 26.2. The van der Waals surface area contributed by atoms with Crippen molar-refractivity contribution in [1.29, 1.82) is 0 Å². The molecule has 1 fully saturated rings. The Bertz CT molecular complexity index is 1160. The molecule has 1 aliphatic carbocycles. The summed E-state index contributed by atoms with van der Waals surface area (Å²) in [6.45, 7) is 5.45. The molecule has 1 saturated heterocycles. The fourth-order valence-corrected chi connectivity index (χ4v) is 4.95. The lowest BCUT2D eigenvalue weighted by Crippen LogP contribution is -2.51. The lowest BCUT2D eigenvalue weighted by atomic mass is 9.98. The number of hydrogen-bond acceptors (Lipinski definition) is 6. The smallest absolute Gasteiger partial charge is 0.410 e. The Labute approximate surface area is 215 Å². The second kappa shape index (κ2) is 10.6. The number of hydrogen-bond donors (Lipinski definition) is 2. The average Bonchev–Trinajstić information content (AvgIpc) is 3.44. The van der Waals surface area contributed by atoms with E-state index in [2.05, 4.69) is 5.32 Å². The zero-order valence-corrected chi connectivity index (χ0v) is 21.2. The third-order valence-corrected chi connectivity index (χ3v) is 6.53. The SMILES string of the molecule is CC(C)(C)OC(=O)C[C@H](NC(=O)[C@@H]1CCCN1C(=O)OCC1c2ccccc2-c2ccccc21)C(=O)O. The molecule has 2 aromatic rings. The summed E-state index contributed by atoms with van der Waals surface area (Å²) in [5, 5.41) is 11.9. The number of nitrogens with one attached hydrogen (secondary N) is 1. The largest absolute Gasteiger partial charge is 0.480 e. The molecular formula is C28H32N2O7. The molecule has 37 heavy (non-hydrogen) atoms. The van der Waals surface area contributed by atoms with Gasteiger partial charge in [-0.25, -0.2) is 9.59 Å². The maximum atomic E-state index is 13.0. The molecule has 196 valence electrons. The molecule has 0 aromatic heterocycles. The number of rotatable bonds is 7. The molecule has 9 heteroatoms. The summed E-state index contributed by atoms with van der Waals surface area (Å²) in [6, 6.07) is 13.7. The number of likely N-dealkylation sites (tertiary alicyclic amines) is 1. The summed E-state index contributed by atoms with van der Waals surface area (Å²) < 4.78 is 10.9. The Morgan fingerprint density at radius 3 is 2.19 bits per heavy atom. The van der Waals surface area contributed by atoms with Gasteiger partial charge in [0.25, 0.3) is 0 Å². The second-order valence-electron chi connectivity index (χ2n) is 10.3. The number of carboxylic acid groups (broad SMARTS) is 1. The standard InChI is InChI=1S/C28H32N2O7/c1-28(2,3)37-24(31)15-22(26(33)34)29-25(32)23-13-8-14-30(23)27(35)36-16-21-19-11-6-4-9-17(19)18-10-5-7-12-20(18)21/h4-7,9-12,21-23H,8,13-16H2,1-3H3,(H,29,32)(H,33,34)/t22-,23-/m0/s1. The topological polar surface area (TPSA) is 122 Å². The molecule has 0 radical (unpaired) electrons. The van der Waals surface area contributed by atoms with E-state index in [1.165, 1.54) is 4.90 Å². The predicted octanol–water partition coefficient (Wildman–Crippen LogP) is 3.70. The van der Waals surface area contributed by atoms with Crippen molar-refractivity contribution in [3.8, 4) is 11.1 Å². The van der Waals surface area contributed by atoms with Gasteiger partial charge in [-0.1, -0.05) is 48.5 Å². The molecule has 4 rings (SSSR count). The fraction of sp³-hybridized carbons (Fsp3) is 0.429. The third-order valence-electron chi connectivity index (χ3n) is 6.53. The highest BCUT2D eigenvalue weighted by Crippen LogP contribution is 2.44. The molecule has 2 aliphatic rings. The first-order chi connectivity index (χ1) is 17.5. The number of nitrogens with zero attached hydrogens (tertiary/aromatic N) is 1. The number of amides is 2. The van der Waals surface area contributed by atoms with E-state index in [1.54, 1.807) is 20.8 Å². The average molecular weight is 509 g/mol. The van der Waals surface area contributed by atoms with Crippen LogP contribution < -0.4 is 5.32 Å². The minimum Gasteiger partial charge on any atom is -0.480 e. The van der Waals surface area contributed by atoms with Crippen molar-refractivity contribution in [1.82, 2.24) is 10.2 Å². The highest BCUT2D eigenvalue weighted by atomic mass is 16.6. The van der Waals surface area contributed by atoms with E-state index in [0.717, 1.165) is 22.3 Å². The van der Waals surface area contributed by atoms with Crippen LogP contribution in [0.4, 0.5) is 4.79 Å². The number of ether oxygens (including phenoxy) is 2. The lowest BCUT2D eigenvalue weighted by Gasteiger charge is -2.26. The fourth-order valence-electron chi connectivity index (χ4n) is 4.95. The molecule has 2 atom stereocenters. The Hall–Kier alpha value is -3.88.